The number of anilines is 3. The van der Waals surface area contributed by atoms with Crippen LogP contribution in [0.5, 0.6) is 17.2 Å². The number of fused-ring (bicyclic) bond motifs is 2. The molecule has 83 heavy (non-hydrogen) atoms. The highest BCUT2D eigenvalue weighted by Gasteiger charge is 2.33. The van der Waals surface area contributed by atoms with E-state index in [2.05, 4.69) is 54.2 Å². The Hall–Kier alpha value is -8.79. The Bertz CT molecular complexity index is 3520. The number of likely N-dealkylation sites (tertiary alicyclic amines) is 1. The zero-order valence-electron chi connectivity index (χ0n) is 46.2. The lowest BCUT2D eigenvalue weighted by Gasteiger charge is -2.38. The van der Waals surface area contributed by atoms with Gasteiger partial charge in [-0.05, 0) is 103 Å². The number of piperazine rings is 1. The maximum atomic E-state index is 13.7. The normalized spacial score (nSPS) is 15.1. The minimum absolute atomic E-state index is 0.0166. The molecule has 3 amide bonds. The number of piperidine rings is 1. The second kappa shape index (κ2) is 24.7. The molecule has 2 aromatic heterocycles. The molecule has 10 rings (SSSR count). The fraction of sp³-hybridized carbons (Fsp3) is 0.361. The Balaban J connectivity index is 0.710. The van der Waals surface area contributed by atoms with Gasteiger partial charge in [-0.3, -0.25) is 23.9 Å². The standard InChI is InChI=1S/C61H66F4N12O6/c1-37(2)48-31-49(53(80)32-52(48)79)56-71-72-57(58(82)68-36-61(63,64)65)77(56)44-14-12-39(13-15-44)28-40-17-21-73(22-18-40)34-42-10-8-41(9-11-42)33-67-54(81)16-20-66-60-69-50-35-76(51-30-45(78)29-43-6-4-5-7-46(43)51)23-19-47(50)55(70-60)74-24-26-75(27-25-74)59(83)38(3)62/h4-15,29-32,37,40,78-80H,3,16-28,33-36H2,1-2H3,(H,67,81)(H,68,82)(H,66,69,70). The van der Waals surface area contributed by atoms with Gasteiger partial charge in [-0.25, -0.2) is 9.37 Å². The number of carbonyl (C=O) groups is 3. The average Bonchev–Trinajstić information content (AvgIpc) is 4.00. The lowest BCUT2D eigenvalue weighted by molar-refractivity contribution is -0.129. The third-order valence-corrected chi connectivity index (χ3v) is 15.6. The van der Waals surface area contributed by atoms with Crippen molar-refractivity contribution in [2.45, 2.75) is 77.7 Å². The first-order valence-electron chi connectivity index (χ1n) is 27.9. The summed E-state index contributed by atoms with van der Waals surface area (Å²) in [6.45, 7) is 11.1. The molecule has 0 radical (unpaired) electrons. The van der Waals surface area contributed by atoms with E-state index in [4.69, 9.17) is 9.97 Å². The van der Waals surface area contributed by atoms with Crippen molar-refractivity contribution < 1.29 is 47.3 Å². The van der Waals surface area contributed by atoms with Crippen molar-refractivity contribution in [1.82, 2.24) is 45.2 Å². The predicted molar refractivity (Wildman–Crippen MR) is 307 cm³/mol. The molecule has 18 nitrogen and oxygen atoms in total. The number of phenols is 3. The highest BCUT2D eigenvalue weighted by molar-refractivity contribution is 5.96. The number of aromatic nitrogens is 5. The molecule has 0 spiro atoms. The van der Waals surface area contributed by atoms with Gasteiger partial charge in [0.15, 0.2) is 11.7 Å². The number of rotatable bonds is 18. The van der Waals surface area contributed by atoms with E-state index in [1.807, 2.05) is 67.7 Å². The minimum Gasteiger partial charge on any atom is -0.508 e. The van der Waals surface area contributed by atoms with Crippen molar-refractivity contribution >= 4 is 45.9 Å². The summed E-state index contributed by atoms with van der Waals surface area (Å²) in [4.78, 5) is 56.7. The Morgan fingerprint density at radius 3 is 2.20 bits per heavy atom. The maximum absolute atomic E-state index is 13.7. The predicted octanol–water partition coefficient (Wildman–Crippen LogP) is 8.68. The van der Waals surface area contributed by atoms with Crippen LogP contribution in [0.1, 0.15) is 83.2 Å². The Labute approximate surface area is 477 Å². The molecule has 0 unspecified atom stereocenters. The lowest BCUT2D eigenvalue weighted by Crippen LogP contribution is -2.49. The van der Waals surface area contributed by atoms with Crippen LogP contribution in [0.4, 0.5) is 35.0 Å². The highest BCUT2D eigenvalue weighted by Crippen LogP contribution is 2.40. The van der Waals surface area contributed by atoms with E-state index < -0.39 is 36.2 Å². The highest BCUT2D eigenvalue weighted by atomic mass is 19.4. The van der Waals surface area contributed by atoms with E-state index in [1.165, 1.54) is 21.6 Å². The van der Waals surface area contributed by atoms with E-state index in [0.717, 1.165) is 89.1 Å². The second-order valence-corrected chi connectivity index (χ2v) is 21.8. The number of hydrogen-bond donors (Lipinski definition) is 6. The van der Waals surface area contributed by atoms with Crippen LogP contribution in [-0.2, 0) is 42.1 Å². The van der Waals surface area contributed by atoms with E-state index >= 15 is 0 Å². The van der Waals surface area contributed by atoms with Gasteiger partial charge in [0.25, 0.3) is 11.8 Å². The SMILES string of the molecule is C=C(F)C(=O)N1CCN(c2nc(NCCC(=O)NCc3ccc(CN4CCC(Cc5ccc(-n6c(C(=O)NCC(F)(F)F)nnc6-c6cc(C(C)C)c(O)cc6O)cc5)CC4)cc3)nc3c2CCN(c2cc(O)cc4ccccc24)C3)CC1. The number of amides is 3. The molecule has 7 aromatic rings. The van der Waals surface area contributed by atoms with E-state index in [9.17, 15) is 47.3 Å². The third kappa shape index (κ3) is 13.6. The molecule has 22 heteroatoms. The Kier molecular flexibility index (Phi) is 17.1. The summed E-state index contributed by atoms with van der Waals surface area (Å²) in [7, 11) is 0. The van der Waals surface area contributed by atoms with Gasteiger partial charge in [0.1, 0.15) is 29.6 Å². The van der Waals surface area contributed by atoms with Crippen LogP contribution in [-0.4, -0.2) is 133 Å². The number of carbonyl (C=O) groups excluding carboxylic acids is 3. The molecule has 0 saturated carbocycles. The topological polar surface area (TPSA) is 217 Å². The molecular formula is C61H66F4N12O6. The maximum Gasteiger partial charge on any atom is 0.405 e. The number of nitrogens with one attached hydrogen (secondary N) is 3. The summed E-state index contributed by atoms with van der Waals surface area (Å²) < 4.78 is 54.4. The van der Waals surface area contributed by atoms with E-state index in [0.29, 0.717) is 75.4 Å². The number of phenolic OH excluding ortho intramolecular Hbond substituents is 3. The van der Waals surface area contributed by atoms with Gasteiger partial charge in [-0.1, -0.05) is 81.1 Å². The molecular weight excluding hydrogens is 1070 g/mol. The zero-order valence-corrected chi connectivity index (χ0v) is 46.2. The van der Waals surface area contributed by atoms with Gasteiger partial charge in [0, 0.05) is 93.2 Å². The first kappa shape index (κ1) is 57.4. The third-order valence-electron chi connectivity index (χ3n) is 15.6. The summed E-state index contributed by atoms with van der Waals surface area (Å²) in [5.41, 5.74) is 6.89. The summed E-state index contributed by atoms with van der Waals surface area (Å²) in [5.74, 6) is -2.27. The van der Waals surface area contributed by atoms with Crippen LogP contribution in [0.25, 0.3) is 27.8 Å². The number of halogens is 4. The molecule has 0 atom stereocenters. The van der Waals surface area contributed by atoms with E-state index in [-0.39, 0.29) is 53.4 Å². The molecule has 434 valence electrons. The van der Waals surface area contributed by atoms with Crippen LogP contribution in [0, 0.1) is 5.92 Å². The minimum atomic E-state index is -4.65. The number of benzene rings is 5. The van der Waals surface area contributed by atoms with Crippen LogP contribution >= 0.6 is 0 Å². The monoisotopic (exact) mass is 1140 g/mol. The second-order valence-electron chi connectivity index (χ2n) is 21.8. The summed E-state index contributed by atoms with van der Waals surface area (Å²) in [6, 6.07) is 29.7. The first-order chi connectivity index (χ1) is 39.8. The molecule has 0 bridgehead atoms. The van der Waals surface area contributed by atoms with Crippen molar-refractivity contribution in [1.29, 1.82) is 0 Å². The van der Waals surface area contributed by atoms with Crippen molar-refractivity contribution in [2.75, 3.05) is 74.0 Å². The fourth-order valence-electron chi connectivity index (χ4n) is 11.2. The largest absolute Gasteiger partial charge is 0.508 e. The van der Waals surface area contributed by atoms with Crippen molar-refractivity contribution in [3.8, 4) is 34.3 Å². The lowest BCUT2D eigenvalue weighted by atomic mass is 9.90. The molecule has 5 heterocycles. The Morgan fingerprint density at radius 1 is 0.783 bits per heavy atom. The average molecular weight is 1140 g/mol. The summed E-state index contributed by atoms with van der Waals surface area (Å²) in [5, 5.41) is 50.2. The molecule has 6 N–H and O–H groups in total. The van der Waals surface area contributed by atoms with Crippen molar-refractivity contribution in [3.05, 3.63) is 149 Å². The first-order valence-corrected chi connectivity index (χ1v) is 27.9. The number of aromatic hydroxyl groups is 3. The van der Waals surface area contributed by atoms with Gasteiger partial charge < -0.3 is 46.0 Å². The Morgan fingerprint density at radius 2 is 1.49 bits per heavy atom. The van der Waals surface area contributed by atoms with Gasteiger partial charge in [0.2, 0.25) is 17.7 Å². The van der Waals surface area contributed by atoms with Crippen LogP contribution in [0.2, 0.25) is 0 Å². The molecule has 3 aliphatic rings. The van der Waals surface area contributed by atoms with Crippen LogP contribution in [0.15, 0.2) is 109 Å². The summed E-state index contributed by atoms with van der Waals surface area (Å²) >= 11 is 0. The molecule has 3 aliphatic heterocycles. The number of hydrogen-bond acceptors (Lipinski definition) is 14. The smallest absolute Gasteiger partial charge is 0.405 e. The van der Waals surface area contributed by atoms with Crippen LogP contribution in [0.3, 0.4) is 0 Å². The number of nitrogens with zero attached hydrogens (tertiary/aromatic N) is 9. The van der Waals surface area contributed by atoms with Gasteiger partial charge >= 0.3 is 6.18 Å². The molecule has 2 fully saturated rings. The van der Waals surface area contributed by atoms with Gasteiger partial charge in [-0.15, -0.1) is 10.2 Å². The number of alkyl halides is 3. The van der Waals surface area contributed by atoms with Crippen LogP contribution < -0.4 is 25.8 Å². The molecule has 0 aliphatic carbocycles. The van der Waals surface area contributed by atoms with Crippen molar-refractivity contribution in [2.24, 2.45) is 5.92 Å². The fourth-order valence-corrected chi connectivity index (χ4v) is 11.2. The molecule has 5 aromatic carbocycles. The van der Waals surface area contributed by atoms with E-state index in [1.54, 1.807) is 24.3 Å². The van der Waals surface area contributed by atoms with Gasteiger partial charge in [-0.2, -0.15) is 18.2 Å². The summed E-state index contributed by atoms with van der Waals surface area (Å²) in [6.07, 6.45) is -1.13. The van der Waals surface area contributed by atoms with Crippen molar-refractivity contribution in [3.63, 3.8) is 0 Å². The zero-order chi connectivity index (χ0) is 58.5. The van der Waals surface area contributed by atoms with Gasteiger partial charge in [0.05, 0.1) is 17.8 Å². The quantitative estimate of drug-likeness (QED) is 0.0350. The molecule has 2 saturated heterocycles.